The van der Waals surface area contributed by atoms with Crippen LogP contribution in [-0.2, 0) is 13.0 Å². The van der Waals surface area contributed by atoms with Gasteiger partial charge in [0.15, 0.2) is 0 Å². The van der Waals surface area contributed by atoms with Gasteiger partial charge >= 0.3 is 6.36 Å². The van der Waals surface area contributed by atoms with Crippen LogP contribution < -0.4 is 4.74 Å². The molecule has 4 nitrogen and oxygen atoms in total. The summed E-state index contributed by atoms with van der Waals surface area (Å²) in [6, 6.07) is 7.17. The van der Waals surface area contributed by atoms with E-state index in [-0.39, 0.29) is 12.2 Å². The maximum atomic E-state index is 12.0. The van der Waals surface area contributed by atoms with E-state index in [0.717, 1.165) is 0 Å². The molecule has 0 saturated carbocycles. The molecule has 0 radical (unpaired) electrons. The van der Waals surface area contributed by atoms with Gasteiger partial charge in [0, 0.05) is 19.2 Å². The molecule has 1 atom stereocenters. The number of aromatic nitrogens is 2. The molecule has 2 rings (SSSR count). The first-order valence-electron chi connectivity index (χ1n) is 6.43. The van der Waals surface area contributed by atoms with E-state index in [4.69, 9.17) is 0 Å². The number of benzene rings is 1. The molecule has 114 valence electrons. The molecule has 7 heteroatoms. The zero-order valence-corrected chi connectivity index (χ0v) is 11.3. The lowest BCUT2D eigenvalue weighted by Crippen LogP contribution is -2.17. The highest BCUT2D eigenvalue weighted by molar-refractivity contribution is 5.28. The van der Waals surface area contributed by atoms with Crippen LogP contribution in [0.25, 0.3) is 0 Å². The van der Waals surface area contributed by atoms with Gasteiger partial charge in [-0.2, -0.15) is 5.10 Å². The quantitative estimate of drug-likeness (QED) is 0.923. The SMILES string of the molecule is CCn1nccc1C(O)Cc1ccc(OC(F)(F)F)cc1. The number of hydrogen-bond acceptors (Lipinski definition) is 3. The van der Waals surface area contributed by atoms with Crippen LogP contribution in [0.3, 0.4) is 0 Å². The highest BCUT2D eigenvalue weighted by Gasteiger charge is 2.30. The third-order valence-electron chi connectivity index (χ3n) is 2.98. The largest absolute Gasteiger partial charge is 0.573 e. The molecule has 21 heavy (non-hydrogen) atoms. The molecule has 0 fully saturated rings. The minimum absolute atomic E-state index is 0.278. The van der Waals surface area contributed by atoms with Gasteiger partial charge < -0.3 is 9.84 Å². The second kappa shape index (κ2) is 6.17. The van der Waals surface area contributed by atoms with Crippen molar-refractivity contribution in [2.45, 2.75) is 32.4 Å². The van der Waals surface area contributed by atoms with Crippen molar-refractivity contribution in [3.05, 3.63) is 47.8 Å². The van der Waals surface area contributed by atoms with Gasteiger partial charge in [-0.05, 0) is 30.7 Å². The molecule has 0 amide bonds. The Balaban J connectivity index is 2.03. The molecule has 0 spiro atoms. The van der Waals surface area contributed by atoms with Crippen molar-refractivity contribution in [2.75, 3.05) is 0 Å². The van der Waals surface area contributed by atoms with Crippen LogP contribution in [0.2, 0.25) is 0 Å². The molecule has 0 aliphatic carbocycles. The molecule has 1 heterocycles. The van der Waals surface area contributed by atoms with Crippen molar-refractivity contribution in [2.24, 2.45) is 0 Å². The Labute approximate surface area is 119 Å². The summed E-state index contributed by atoms with van der Waals surface area (Å²) >= 11 is 0. The highest BCUT2D eigenvalue weighted by Crippen LogP contribution is 2.24. The lowest BCUT2D eigenvalue weighted by Gasteiger charge is -2.13. The molecule has 0 aliphatic rings. The first-order chi connectivity index (χ1) is 9.89. The van der Waals surface area contributed by atoms with Crippen molar-refractivity contribution in [3.8, 4) is 5.75 Å². The van der Waals surface area contributed by atoms with E-state index in [9.17, 15) is 18.3 Å². The van der Waals surface area contributed by atoms with Gasteiger partial charge in [0.25, 0.3) is 0 Å². The Kier molecular flexibility index (Phi) is 4.52. The summed E-state index contributed by atoms with van der Waals surface area (Å²) in [5.74, 6) is -0.278. The smallest absolute Gasteiger partial charge is 0.406 e. The lowest BCUT2D eigenvalue weighted by atomic mass is 10.1. The topological polar surface area (TPSA) is 47.3 Å². The molecule has 1 aromatic carbocycles. The zero-order valence-electron chi connectivity index (χ0n) is 11.3. The average molecular weight is 300 g/mol. The molecular weight excluding hydrogens is 285 g/mol. The number of rotatable bonds is 5. The van der Waals surface area contributed by atoms with Crippen molar-refractivity contribution >= 4 is 0 Å². The summed E-state index contributed by atoms with van der Waals surface area (Å²) in [6.07, 6.45) is -3.57. The lowest BCUT2D eigenvalue weighted by molar-refractivity contribution is -0.274. The number of halogens is 3. The van der Waals surface area contributed by atoms with Gasteiger partial charge in [0.05, 0.1) is 11.8 Å². The zero-order chi connectivity index (χ0) is 15.5. The van der Waals surface area contributed by atoms with Crippen LogP contribution in [0.5, 0.6) is 5.75 Å². The van der Waals surface area contributed by atoms with Crippen molar-refractivity contribution in [1.82, 2.24) is 9.78 Å². The predicted molar refractivity (Wildman–Crippen MR) is 69.7 cm³/mol. The molecule has 2 aromatic rings. The summed E-state index contributed by atoms with van der Waals surface area (Å²) in [6.45, 7) is 2.55. The van der Waals surface area contributed by atoms with E-state index in [0.29, 0.717) is 17.8 Å². The fraction of sp³-hybridized carbons (Fsp3) is 0.357. The molecule has 0 bridgehead atoms. The predicted octanol–water partition coefficient (Wildman–Crippen LogP) is 3.08. The number of nitrogens with zero attached hydrogens (tertiary/aromatic N) is 2. The van der Waals surface area contributed by atoms with Gasteiger partial charge in [-0.25, -0.2) is 0 Å². The minimum atomic E-state index is -4.70. The van der Waals surface area contributed by atoms with E-state index in [2.05, 4.69) is 9.84 Å². The van der Waals surface area contributed by atoms with Crippen LogP contribution in [0.4, 0.5) is 13.2 Å². The molecule has 0 saturated heterocycles. The molecule has 1 N–H and O–H groups in total. The number of aliphatic hydroxyl groups is 1. The van der Waals surface area contributed by atoms with E-state index in [1.807, 2.05) is 6.92 Å². The average Bonchev–Trinajstić information content (AvgIpc) is 2.87. The van der Waals surface area contributed by atoms with Crippen molar-refractivity contribution in [1.29, 1.82) is 0 Å². The maximum Gasteiger partial charge on any atom is 0.573 e. The van der Waals surface area contributed by atoms with Gasteiger partial charge in [-0.15, -0.1) is 13.2 Å². The summed E-state index contributed by atoms with van der Waals surface area (Å²) < 4.78 is 41.6. The number of alkyl halides is 3. The minimum Gasteiger partial charge on any atom is -0.406 e. The normalized spacial score (nSPS) is 13.2. The summed E-state index contributed by atoms with van der Waals surface area (Å²) in [5, 5.41) is 14.2. The van der Waals surface area contributed by atoms with E-state index < -0.39 is 12.5 Å². The first-order valence-corrected chi connectivity index (χ1v) is 6.43. The number of aryl methyl sites for hydroxylation is 1. The Morgan fingerprint density at radius 2 is 1.90 bits per heavy atom. The maximum absolute atomic E-state index is 12.0. The van der Waals surface area contributed by atoms with E-state index >= 15 is 0 Å². The van der Waals surface area contributed by atoms with Crippen molar-refractivity contribution < 1.29 is 23.0 Å². The third-order valence-corrected chi connectivity index (χ3v) is 2.98. The van der Waals surface area contributed by atoms with Crippen LogP contribution in [-0.4, -0.2) is 21.2 Å². The number of aliphatic hydroxyl groups excluding tert-OH is 1. The molecular formula is C14H15F3N2O2. The fourth-order valence-electron chi connectivity index (χ4n) is 2.05. The second-order valence-corrected chi connectivity index (χ2v) is 4.48. The van der Waals surface area contributed by atoms with Crippen LogP contribution in [0, 0.1) is 0 Å². The van der Waals surface area contributed by atoms with Gasteiger partial charge in [0.2, 0.25) is 0 Å². The van der Waals surface area contributed by atoms with E-state index in [1.54, 1.807) is 16.9 Å². The highest BCUT2D eigenvalue weighted by atomic mass is 19.4. The Bertz CT molecular complexity index is 579. The van der Waals surface area contributed by atoms with Gasteiger partial charge in [-0.1, -0.05) is 12.1 Å². The summed E-state index contributed by atoms with van der Waals surface area (Å²) in [7, 11) is 0. The fourth-order valence-corrected chi connectivity index (χ4v) is 2.05. The Morgan fingerprint density at radius 3 is 2.48 bits per heavy atom. The van der Waals surface area contributed by atoms with E-state index in [1.165, 1.54) is 24.3 Å². The number of hydrogen-bond donors (Lipinski definition) is 1. The second-order valence-electron chi connectivity index (χ2n) is 4.48. The molecule has 1 unspecified atom stereocenters. The molecule has 0 aliphatic heterocycles. The van der Waals surface area contributed by atoms with Crippen LogP contribution in [0.15, 0.2) is 36.5 Å². The monoisotopic (exact) mass is 300 g/mol. The van der Waals surface area contributed by atoms with Crippen LogP contribution >= 0.6 is 0 Å². The van der Waals surface area contributed by atoms with Gasteiger partial charge in [0.1, 0.15) is 5.75 Å². The Morgan fingerprint density at radius 1 is 1.24 bits per heavy atom. The van der Waals surface area contributed by atoms with Crippen molar-refractivity contribution in [3.63, 3.8) is 0 Å². The first kappa shape index (κ1) is 15.4. The van der Waals surface area contributed by atoms with Gasteiger partial charge in [-0.3, -0.25) is 4.68 Å². The van der Waals surface area contributed by atoms with Crippen LogP contribution in [0.1, 0.15) is 24.3 Å². The summed E-state index contributed by atoms with van der Waals surface area (Å²) in [5.41, 5.74) is 1.38. The molecule has 1 aromatic heterocycles. The number of ether oxygens (including phenoxy) is 1. The standard InChI is InChI=1S/C14H15F3N2O2/c1-2-19-12(7-8-18-19)13(20)9-10-3-5-11(6-4-10)21-14(15,16)17/h3-8,13,20H,2,9H2,1H3. The Hall–Kier alpha value is -2.02. The third kappa shape index (κ3) is 4.22. The summed E-state index contributed by atoms with van der Waals surface area (Å²) in [4.78, 5) is 0.